The zero-order valence-electron chi connectivity index (χ0n) is 19.6. The van der Waals surface area contributed by atoms with Gasteiger partial charge in [0.05, 0.1) is 4.90 Å². The van der Waals surface area contributed by atoms with Crippen molar-refractivity contribution in [3.8, 4) is 0 Å². The van der Waals surface area contributed by atoms with Gasteiger partial charge >= 0.3 is 6.03 Å². The molecule has 0 saturated carbocycles. The lowest BCUT2D eigenvalue weighted by Gasteiger charge is -2.26. The maximum Gasteiger partial charge on any atom is 0.325 e. The van der Waals surface area contributed by atoms with E-state index >= 15 is 0 Å². The second-order valence-corrected chi connectivity index (χ2v) is 9.95. The first-order valence-corrected chi connectivity index (χ1v) is 12.7. The summed E-state index contributed by atoms with van der Waals surface area (Å²) in [6.45, 7) is 5.57. The molecule has 1 saturated heterocycles. The predicted octanol–water partition coefficient (Wildman–Crippen LogP) is 2.90. The van der Waals surface area contributed by atoms with E-state index in [1.54, 1.807) is 44.2 Å². The Bertz CT molecular complexity index is 1160. The highest BCUT2D eigenvalue weighted by molar-refractivity contribution is 7.89. The van der Waals surface area contributed by atoms with Gasteiger partial charge in [0.2, 0.25) is 15.9 Å². The Morgan fingerprint density at radius 3 is 2.32 bits per heavy atom. The van der Waals surface area contributed by atoms with Crippen LogP contribution in [-0.4, -0.2) is 55.1 Å². The van der Waals surface area contributed by atoms with Gasteiger partial charge in [-0.25, -0.2) is 13.2 Å². The van der Waals surface area contributed by atoms with E-state index < -0.39 is 40.0 Å². The monoisotopic (exact) mass is 486 g/mol. The quantitative estimate of drug-likeness (QED) is 0.501. The highest BCUT2D eigenvalue weighted by Crippen LogP contribution is 2.33. The third kappa shape index (κ3) is 4.83. The van der Waals surface area contributed by atoms with Crippen LogP contribution in [0.5, 0.6) is 0 Å². The number of benzene rings is 2. The highest BCUT2D eigenvalue weighted by Gasteiger charge is 2.52. The Hall–Kier alpha value is -3.24. The van der Waals surface area contributed by atoms with E-state index in [1.165, 1.54) is 22.5 Å². The zero-order valence-corrected chi connectivity index (χ0v) is 20.4. The van der Waals surface area contributed by atoms with Gasteiger partial charge in [0.1, 0.15) is 12.1 Å². The summed E-state index contributed by atoms with van der Waals surface area (Å²) in [7, 11) is -3.70. The first-order valence-electron chi connectivity index (χ1n) is 11.3. The molecule has 1 fully saturated rings. The summed E-state index contributed by atoms with van der Waals surface area (Å²) in [4.78, 5) is 39.7. The molecule has 182 valence electrons. The van der Waals surface area contributed by atoms with Crippen molar-refractivity contribution >= 4 is 33.6 Å². The minimum atomic E-state index is -3.70. The molecule has 2 aromatic carbocycles. The zero-order chi connectivity index (χ0) is 24.9. The van der Waals surface area contributed by atoms with E-state index in [0.29, 0.717) is 31.5 Å². The van der Waals surface area contributed by atoms with Crippen LogP contribution in [0.25, 0.3) is 0 Å². The van der Waals surface area contributed by atoms with Gasteiger partial charge in [0.15, 0.2) is 0 Å². The Morgan fingerprint density at radius 2 is 1.71 bits per heavy atom. The molecule has 1 aliphatic heterocycles. The van der Waals surface area contributed by atoms with E-state index in [9.17, 15) is 22.8 Å². The number of hydrogen-bond acceptors (Lipinski definition) is 5. The lowest BCUT2D eigenvalue weighted by atomic mass is 9.85. The van der Waals surface area contributed by atoms with Crippen LogP contribution in [0, 0.1) is 0 Å². The van der Waals surface area contributed by atoms with Crippen LogP contribution in [0.3, 0.4) is 0 Å². The van der Waals surface area contributed by atoms with Crippen LogP contribution >= 0.6 is 0 Å². The maximum atomic E-state index is 13.3. The number of imide groups is 1. The third-order valence-electron chi connectivity index (χ3n) is 5.83. The number of amides is 4. The van der Waals surface area contributed by atoms with Gasteiger partial charge in [-0.3, -0.25) is 14.5 Å². The van der Waals surface area contributed by atoms with Gasteiger partial charge in [0, 0.05) is 18.8 Å². The molecule has 1 aliphatic rings. The number of carbonyl (C=O) groups is 3. The number of rotatable bonds is 10. The van der Waals surface area contributed by atoms with E-state index in [4.69, 9.17) is 0 Å². The van der Waals surface area contributed by atoms with Crippen molar-refractivity contribution in [3.63, 3.8) is 0 Å². The lowest BCUT2D eigenvalue weighted by Crippen LogP contribution is -2.44. The van der Waals surface area contributed by atoms with Crippen molar-refractivity contribution in [2.75, 3.05) is 25.0 Å². The summed E-state index contributed by atoms with van der Waals surface area (Å²) in [6, 6.07) is 14.2. The van der Waals surface area contributed by atoms with Crippen LogP contribution in [0.1, 0.15) is 39.2 Å². The highest BCUT2D eigenvalue weighted by atomic mass is 32.2. The molecule has 10 heteroatoms. The predicted molar refractivity (Wildman–Crippen MR) is 128 cm³/mol. The number of urea groups is 1. The molecule has 0 aliphatic carbocycles. The summed E-state index contributed by atoms with van der Waals surface area (Å²) in [6.07, 6.45) is 1.04. The summed E-state index contributed by atoms with van der Waals surface area (Å²) in [5.74, 6) is -1.10. The van der Waals surface area contributed by atoms with Crippen molar-refractivity contribution in [1.82, 2.24) is 14.5 Å². The normalized spacial score (nSPS) is 18.3. The van der Waals surface area contributed by atoms with E-state index in [0.717, 1.165) is 4.90 Å². The lowest BCUT2D eigenvalue weighted by molar-refractivity contribution is -0.134. The van der Waals surface area contributed by atoms with E-state index in [2.05, 4.69) is 10.6 Å². The summed E-state index contributed by atoms with van der Waals surface area (Å²) < 4.78 is 26.9. The number of hydrogen-bond donors (Lipinski definition) is 2. The molecule has 1 unspecified atom stereocenters. The van der Waals surface area contributed by atoms with Crippen LogP contribution in [0.15, 0.2) is 59.5 Å². The van der Waals surface area contributed by atoms with E-state index in [-0.39, 0.29) is 10.6 Å². The Kier molecular flexibility index (Phi) is 7.73. The van der Waals surface area contributed by atoms with E-state index in [1.807, 2.05) is 13.0 Å². The molecule has 2 N–H and O–H groups in total. The van der Waals surface area contributed by atoms with Crippen LogP contribution in [0.2, 0.25) is 0 Å². The molecule has 0 aromatic heterocycles. The third-order valence-corrected chi connectivity index (χ3v) is 7.88. The van der Waals surface area contributed by atoms with Crippen LogP contribution < -0.4 is 10.6 Å². The summed E-state index contributed by atoms with van der Waals surface area (Å²) >= 11 is 0. The molecule has 9 nitrogen and oxygen atoms in total. The fourth-order valence-electron chi connectivity index (χ4n) is 4.17. The Labute approximate surface area is 200 Å². The van der Waals surface area contributed by atoms with Crippen molar-refractivity contribution in [3.05, 3.63) is 60.2 Å². The number of sulfonamides is 1. The maximum absolute atomic E-state index is 13.3. The molecule has 1 heterocycles. The SMILES string of the molecule is CCCC1(c2ccccc2)NC(=O)N(CC(=O)Nc2cccc(S(=O)(=O)N(CC)CC)c2)C1=O. The van der Waals surface area contributed by atoms with Gasteiger partial charge in [-0.05, 0) is 30.2 Å². The molecule has 1 atom stereocenters. The van der Waals surface area contributed by atoms with Gasteiger partial charge in [0.25, 0.3) is 5.91 Å². The number of nitrogens with zero attached hydrogens (tertiary/aromatic N) is 2. The largest absolute Gasteiger partial charge is 0.325 e. The van der Waals surface area contributed by atoms with Crippen molar-refractivity contribution in [2.45, 2.75) is 44.0 Å². The Balaban J connectivity index is 1.78. The summed E-state index contributed by atoms with van der Waals surface area (Å²) in [5.41, 5.74) is -0.300. The van der Waals surface area contributed by atoms with Gasteiger partial charge in [-0.15, -0.1) is 0 Å². The smallest absolute Gasteiger partial charge is 0.324 e. The molecular formula is C24H30N4O5S. The van der Waals surface area contributed by atoms with Crippen LogP contribution in [-0.2, 0) is 25.2 Å². The number of anilines is 1. The molecule has 0 spiro atoms. The summed E-state index contributed by atoms with van der Waals surface area (Å²) in [5, 5.41) is 5.38. The van der Waals surface area contributed by atoms with Gasteiger partial charge < -0.3 is 10.6 Å². The standard InChI is InChI=1S/C24H30N4O5S/c1-4-15-24(18-11-8-7-9-12-18)22(30)28(23(31)26-24)17-21(29)25-19-13-10-14-20(16-19)34(32,33)27(5-2)6-3/h7-14,16H,4-6,15,17H2,1-3H3,(H,25,29)(H,26,31). The average molecular weight is 487 g/mol. The molecule has 3 rings (SSSR count). The number of carbonyl (C=O) groups excluding carboxylic acids is 3. The fourth-order valence-corrected chi connectivity index (χ4v) is 5.67. The van der Waals surface area contributed by atoms with Crippen molar-refractivity contribution in [2.24, 2.45) is 0 Å². The second-order valence-electron chi connectivity index (χ2n) is 8.01. The number of nitrogens with one attached hydrogen (secondary N) is 2. The minimum absolute atomic E-state index is 0.0510. The molecule has 0 radical (unpaired) electrons. The molecule has 34 heavy (non-hydrogen) atoms. The fraction of sp³-hybridized carbons (Fsp3) is 0.375. The van der Waals surface area contributed by atoms with Crippen LogP contribution in [0.4, 0.5) is 10.5 Å². The second kappa shape index (κ2) is 10.4. The molecule has 4 amide bonds. The first-order chi connectivity index (χ1) is 16.2. The van der Waals surface area contributed by atoms with Crippen molar-refractivity contribution < 1.29 is 22.8 Å². The molecule has 0 bridgehead atoms. The minimum Gasteiger partial charge on any atom is -0.324 e. The topological polar surface area (TPSA) is 116 Å². The van der Waals surface area contributed by atoms with Gasteiger partial charge in [-0.1, -0.05) is 63.6 Å². The molecular weight excluding hydrogens is 456 g/mol. The first kappa shape index (κ1) is 25.4. The average Bonchev–Trinajstić information content (AvgIpc) is 3.05. The Morgan fingerprint density at radius 1 is 1.03 bits per heavy atom. The van der Waals surface area contributed by atoms with Gasteiger partial charge in [-0.2, -0.15) is 4.31 Å². The molecule has 2 aromatic rings. The van der Waals surface area contributed by atoms with Crippen molar-refractivity contribution in [1.29, 1.82) is 0 Å².